The van der Waals surface area contributed by atoms with Gasteiger partial charge < -0.3 is 5.73 Å². The summed E-state index contributed by atoms with van der Waals surface area (Å²) in [5, 5.41) is 5.16. The van der Waals surface area contributed by atoms with Crippen molar-refractivity contribution in [3.05, 3.63) is 0 Å². The van der Waals surface area contributed by atoms with Gasteiger partial charge in [-0.2, -0.15) is 12.7 Å². The van der Waals surface area contributed by atoms with Crippen LogP contribution in [0, 0.1) is 5.92 Å². The maximum atomic E-state index is 11.3. The quantitative estimate of drug-likeness (QED) is 0.723. The van der Waals surface area contributed by atoms with Crippen LogP contribution in [0.5, 0.6) is 0 Å². The zero-order valence-corrected chi connectivity index (χ0v) is 10.3. The topological polar surface area (TPSA) is 89.4 Å². The Labute approximate surface area is 92.0 Å². The lowest BCUT2D eigenvalue weighted by atomic mass is 9.76. The molecule has 0 radical (unpaired) electrons. The number of nitrogens with two attached hydrogens (primary N) is 2. The van der Waals surface area contributed by atoms with E-state index in [0.29, 0.717) is 12.5 Å². The third-order valence-electron chi connectivity index (χ3n) is 3.50. The third kappa shape index (κ3) is 2.69. The smallest absolute Gasteiger partial charge is 0.277 e. The van der Waals surface area contributed by atoms with Crippen molar-refractivity contribution in [3.8, 4) is 0 Å². The van der Waals surface area contributed by atoms with Gasteiger partial charge in [0.15, 0.2) is 0 Å². The second kappa shape index (κ2) is 4.37. The minimum absolute atomic E-state index is 0.338. The zero-order valence-electron chi connectivity index (χ0n) is 9.44. The van der Waals surface area contributed by atoms with Gasteiger partial charge in [0.05, 0.1) is 0 Å². The van der Waals surface area contributed by atoms with E-state index < -0.39 is 15.7 Å². The lowest BCUT2D eigenvalue weighted by Crippen LogP contribution is -2.58. The summed E-state index contributed by atoms with van der Waals surface area (Å²) in [6.07, 6.45) is 3.76. The molecule has 2 atom stereocenters. The highest BCUT2D eigenvalue weighted by Gasteiger charge is 2.41. The number of hydrogen-bond acceptors (Lipinski definition) is 3. The Balaban J connectivity index is 2.94. The Morgan fingerprint density at radius 2 is 2.13 bits per heavy atom. The van der Waals surface area contributed by atoms with Gasteiger partial charge in [0.25, 0.3) is 10.2 Å². The molecule has 1 saturated carbocycles. The van der Waals surface area contributed by atoms with Crippen molar-refractivity contribution >= 4 is 10.2 Å². The highest BCUT2D eigenvalue weighted by Crippen LogP contribution is 2.36. The fourth-order valence-electron chi connectivity index (χ4n) is 2.50. The van der Waals surface area contributed by atoms with Gasteiger partial charge in [0, 0.05) is 19.1 Å². The molecule has 0 bridgehead atoms. The Morgan fingerprint density at radius 3 is 2.53 bits per heavy atom. The molecule has 90 valence electrons. The molecule has 5 nitrogen and oxygen atoms in total. The van der Waals surface area contributed by atoms with Gasteiger partial charge in [-0.15, -0.1) is 0 Å². The molecular weight excluding hydrogens is 214 g/mol. The van der Waals surface area contributed by atoms with Crippen molar-refractivity contribution in [3.63, 3.8) is 0 Å². The molecule has 2 unspecified atom stereocenters. The largest absolute Gasteiger partial charge is 0.329 e. The molecule has 1 fully saturated rings. The average Bonchev–Trinajstić information content (AvgIpc) is 2.15. The van der Waals surface area contributed by atoms with Crippen LogP contribution in [0.3, 0.4) is 0 Å². The summed E-state index contributed by atoms with van der Waals surface area (Å²) in [4.78, 5) is 0. The Morgan fingerprint density at radius 1 is 1.53 bits per heavy atom. The zero-order chi connectivity index (χ0) is 11.7. The van der Waals surface area contributed by atoms with Crippen LogP contribution in [0.15, 0.2) is 0 Å². The van der Waals surface area contributed by atoms with E-state index in [1.165, 1.54) is 11.4 Å². The predicted molar refractivity (Wildman–Crippen MR) is 60.3 cm³/mol. The van der Waals surface area contributed by atoms with Crippen LogP contribution >= 0.6 is 0 Å². The van der Waals surface area contributed by atoms with Crippen LogP contribution in [0.1, 0.15) is 32.6 Å². The fraction of sp³-hybridized carbons (Fsp3) is 1.00. The van der Waals surface area contributed by atoms with E-state index in [4.69, 9.17) is 10.9 Å². The maximum absolute atomic E-state index is 11.3. The SMILES string of the molecule is CC1CCCC(CN)(N(C)S(N)(=O)=O)C1. The number of nitrogens with zero attached hydrogens (tertiary/aromatic N) is 1. The summed E-state index contributed by atoms with van der Waals surface area (Å²) >= 11 is 0. The highest BCUT2D eigenvalue weighted by molar-refractivity contribution is 7.86. The monoisotopic (exact) mass is 235 g/mol. The van der Waals surface area contributed by atoms with Crippen molar-refractivity contribution in [2.45, 2.75) is 38.1 Å². The summed E-state index contributed by atoms with van der Waals surface area (Å²) in [6.45, 7) is 2.46. The summed E-state index contributed by atoms with van der Waals surface area (Å²) in [5.41, 5.74) is 5.27. The average molecular weight is 235 g/mol. The molecule has 0 aromatic rings. The van der Waals surface area contributed by atoms with Gasteiger partial charge in [0.2, 0.25) is 0 Å². The number of rotatable bonds is 3. The molecule has 0 spiro atoms. The first kappa shape index (κ1) is 12.9. The summed E-state index contributed by atoms with van der Waals surface area (Å²) < 4.78 is 24.0. The van der Waals surface area contributed by atoms with Crippen LogP contribution in [0.2, 0.25) is 0 Å². The molecule has 1 rings (SSSR count). The molecule has 15 heavy (non-hydrogen) atoms. The minimum atomic E-state index is -3.64. The van der Waals surface area contributed by atoms with Crippen molar-refractivity contribution in [2.24, 2.45) is 16.8 Å². The van der Waals surface area contributed by atoms with Gasteiger partial charge in [-0.25, -0.2) is 5.14 Å². The van der Waals surface area contributed by atoms with Crippen LogP contribution < -0.4 is 10.9 Å². The minimum Gasteiger partial charge on any atom is -0.329 e. The van der Waals surface area contributed by atoms with Gasteiger partial charge >= 0.3 is 0 Å². The molecule has 0 aromatic heterocycles. The van der Waals surface area contributed by atoms with Gasteiger partial charge in [-0.3, -0.25) is 0 Å². The van der Waals surface area contributed by atoms with Crippen LogP contribution in [0.4, 0.5) is 0 Å². The molecule has 0 aliphatic heterocycles. The van der Waals surface area contributed by atoms with Gasteiger partial charge in [-0.05, 0) is 18.8 Å². The molecule has 0 aromatic carbocycles. The van der Waals surface area contributed by atoms with E-state index in [9.17, 15) is 8.42 Å². The first-order valence-electron chi connectivity index (χ1n) is 5.29. The second-order valence-corrected chi connectivity index (χ2v) is 6.22. The third-order valence-corrected chi connectivity index (χ3v) is 4.65. The standard InChI is InChI=1S/C9H21N3O2S/c1-8-4-3-5-9(6-8,7-10)12(2)15(11,13)14/h8H,3-7,10H2,1-2H3,(H2,11,13,14). The summed E-state index contributed by atoms with van der Waals surface area (Å²) in [6, 6.07) is 0. The molecular formula is C9H21N3O2S. The summed E-state index contributed by atoms with van der Waals surface area (Å²) in [5.74, 6) is 0.506. The van der Waals surface area contributed by atoms with E-state index in [1.54, 1.807) is 0 Å². The van der Waals surface area contributed by atoms with Gasteiger partial charge in [0.1, 0.15) is 0 Å². The van der Waals surface area contributed by atoms with Crippen molar-refractivity contribution < 1.29 is 8.42 Å². The first-order chi connectivity index (χ1) is 6.82. The maximum Gasteiger partial charge on any atom is 0.277 e. The van der Waals surface area contributed by atoms with E-state index in [0.717, 1.165) is 25.7 Å². The van der Waals surface area contributed by atoms with Crippen LogP contribution in [-0.2, 0) is 10.2 Å². The molecule has 1 aliphatic carbocycles. The number of hydrogen-bond donors (Lipinski definition) is 2. The molecule has 6 heteroatoms. The molecule has 0 saturated heterocycles. The van der Waals surface area contributed by atoms with E-state index in [-0.39, 0.29) is 0 Å². The van der Waals surface area contributed by atoms with E-state index in [2.05, 4.69) is 6.92 Å². The Hall–Kier alpha value is -0.170. The Bertz CT molecular complexity index is 317. The summed E-state index contributed by atoms with van der Waals surface area (Å²) in [7, 11) is -2.12. The molecule has 0 amide bonds. The Kier molecular flexibility index (Phi) is 3.76. The molecule has 0 heterocycles. The molecule has 4 N–H and O–H groups in total. The fourth-order valence-corrected chi connectivity index (χ4v) is 3.28. The highest BCUT2D eigenvalue weighted by atomic mass is 32.2. The second-order valence-electron chi connectivity index (χ2n) is 4.64. The first-order valence-corrected chi connectivity index (χ1v) is 6.79. The van der Waals surface area contributed by atoms with Crippen molar-refractivity contribution in [2.75, 3.05) is 13.6 Å². The van der Waals surface area contributed by atoms with E-state index >= 15 is 0 Å². The van der Waals surface area contributed by atoms with Crippen LogP contribution in [0.25, 0.3) is 0 Å². The van der Waals surface area contributed by atoms with Gasteiger partial charge in [-0.1, -0.05) is 19.8 Å². The number of likely N-dealkylation sites (N-methyl/N-ethyl adjacent to an activating group) is 1. The van der Waals surface area contributed by atoms with E-state index in [1.807, 2.05) is 0 Å². The molecule has 1 aliphatic rings. The van der Waals surface area contributed by atoms with Crippen molar-refractivity contribution in [1.82, 2.24) is 4.31 Å². The predicted octanol–water partition coefficient (Wildman–Crippen LogP) is 0.0293. The lowest BCUT2D eigenvalue weighted by molar-refractivity contribution is 0.128. The normalized spacial score (nSPS) is 33.3. The van der Waals surface area contributed by atoms with Crippen LogP contribution in [-0.4, -0.2) is 31.9 Å². The van der Waals surface area contributed by atoms with Crippen molar-refractivity contribution in [1.29, 1.82) is 0 Å². The lowest BCUT2D eigenvalue weighted by Gasteiger charge is -2.44.